The van der Waals surface area contributed by atoms with E-state index in [0.29, 0.717) is 35.4 Å². The Morgan fingerprint density at radius 2 is 1.95 bits per heavy atom. The van der Waals surface area contributed by atoms with Crippen molar-refractivity contribution >= 4 is 21.6 Å². The molecule has 7 heteroatoms. The molecule has 0 saturated carbocycles. The molecule has 0 N–H and O–H groups in total. The number of halogens is 1. The molecule has 0 aliphatic rings. The van der Waals surface area contributed by atoms with Crippen LogP contribution < -0.4 is 9.47 Å². The molecule has 0 radical (unpaired) electrons. The second-order valence-corrected chi connectivity index (χ2v) is 5.65. The van der Waals surface area contributed by atoms with E-state index in [2.05, 4.69) is 15.9 Å². The Kier molecular flexibility index (Phi) is 6.42. The van der Waals surface area contributed by atoms with Gasteiger partial charge in [-0.3, -0.25) is 10.1 Å². The Hall–Kier alpha value is -1.34. The van der Waals surface area contributed by atoms with Crippen LogP contribution in [-0.2, 0) is 10.1 Å². The fourth-order valence-electron chi connectivity index (χ4n) is 1.65. The summed E-state index contributed by atoms with van der Waals surface area (Å²) in [6.07, 6.45) is 0.653. The second kappa shape index (κ2) is 7.61. The number of hydrogen-bond donors (Lipinski definition) is 0. The van der Waals surface area contributed by atoms with Gasteiger partial charge in [-0.15, -0.1) is 0 Å². The van der Waals surface area contributed by atoms with E-state index in [0.717, 1.165) is 0 Å². The van der Waals surface area contributed by atoms with Crippen molar-refractivity contribution in [3.8, 4) is 11.5 Å². The molecule has 118 valence electrons. The van der Waals surface area contributed by atoms with E-state index in [1.807, 2.05) is 13.8 Å². The van der Waals surface area contributed by atoms with Crippen molar-refractivity contribution < 1.29 is 19.1 Å². The van der Waals surface area contributed by atoms with Crippen LogP contribution in [0.3, 0.4) is 0 Å². The van der Waals surface area contributed by atoms with Crippen LogP contribution in [0.2, 0.25) is 0 Å². The topological polar surface area (TPSA) is 70.8 Å². The SMILES string of the molecule is COc1cc(CBr)c([N+](=O)[O-])cc1OCCC(C)(C)OC. The van der Waals surface area contributed by atoms with E-state index in [-0.39, 0.29) is 11.3 Å². The van der Waals surface area contributed by atoms with Gasteiger partial charge < -0.3 is 14.2 Å². The number of benzene rings is 1. The smallest absolute Gasteiger partial charge is 0.277 e. The highest BCUT2D eigenvalue weighted by atomic mass is 79.9. The average molecular weight is 362 g/mol. The minimum atomic E-state index is -0.429. The van der Waals surface area contributed by atoms with Gasteiger partial charge in [0.25, 0.3) is 5.69 Å². The van der Waals surface area contributed by atoms with Crippen LogP contribution in [0.25, 0.3) is 0 Å². The first kappa shape index (κ1) is 17.7. The summed E-state index contributed by atoms with van der Waals surface area (Å²) in [4.78, 5) is 10.7. The predicted octanol–water partition coefficient (Wildman–Crippen LogP) is 3.69. The third kappa shape index (κ3) is 4.86. The second-order valence-electron chi connectivity index (χ2n) is 5.08. The van der Waals surface area contributed by atoms with Crippen LogP contribution in [-0.4, -0.2) is 31.4 Å². The maximum atomic E-state index is 11.1. The molecule has 0 heterocycles. The van der Waals surface area contributed by atoms with Gasteiger partial charge in [0, 0.05) is 24.4 Å². The zero-order valence-electron chi connectivity index (χ0n) is 12.6. The predicted molar refractivity (Wildman–Crippen MR) is 83.5 cm³/mol. The number of hydrogen-bond acceptors (Lipinski definition) is 5. The Labute approximate surface area is 132 Å². The van der Waals surface area contributed by atoms with E-state index in [9.17, 15) is 10.1 Å². The van der Waals surface area contributed by atoms with Gasteiger partial charge in [0.2, 0.25) is 0 Å². The largest absolute Gasteiger partial charge is 0.493 e. The number of ether oxygens (including phenoxy) is 3. The fourth-order valence-corrected chi connectivity index (χ4v) is 2.10. The van der Waals surface area contributed by atoms with Crippen LogP contribution in [0.1, 0.15) is 25.8 Å². The fraction of sp³-hybridized carbons (Fsp3) is 0.571. The van der Waals surface area contributed by atoms with Crippen molar-refractivity contribution in [1.82, 2.24) is 0 Å². The van der Waals surface area contributed by atoms with E-state index in [1.165, 1.54) is 13.2 Å². The standard InChI is InChI=1S/C14H20BrNO5/c1-14(2,20-4)5-6-21-13-8-11(16(17)18)10(9-15)7-12(13)19-3/h7-8H,5-6,9H2,1-4H3. The molecule has 6 nitrogen and oxygen atoms in total. The lowest BCUT2D eigenvalue weighted by atomic mass is 10.1. The summed E-state index contributed by atoms with van der Waals surface area (Å²) in [7, 11) is 3.14. The molecule has 0 unspecified atom stereocenters. The highest BCUT2D eigenvalue weighted by Crippen LogP contribution is 2.36. The summed E-state index contributed by atoms with van der Waals surface area (Å²) < 4.78 is 16.2. The number of rotatable bonds is 8. The van der Waals surface area contributed by atoms with Crippen molar-refractivity contribution in [2.75, 3.05) is 20.8 Å². The Morgan fingerprint density at radius 1 is 1.29 bits per heavy atom. The number of nitro benzene ring substituents is 1. The molecular weight excluding hydrogens is 342 g/mol. The number of alkyl halides is 1. The minimum Gasteiger partial charge on any atom is -0.493 e. The molecule has 0 bridgehead atoms. The Morgan fingerprint density at radius 3 is 2.43 bits per heavy atom. The third-order valence-corrected chi connectivity index (χ3v) is 3.82. The normalized spacial score (nSPS) is 11.3. The lowest BCUT2D eigenvalue weighted by molar-refractivity contribution is -0.385. The van der Waals surface area contributed by atoms with Gasteiger partial charge in [0.05, 0.1) is 30.3 Å². The van der Waals surface area contributed by atoms with Gasteiger partial charge >= 0.3 is 0 Å². The van der Waals surface area contributed by atoms with E-state index < -0.39 is 4.92 Å². The molecule has 0 spiro atoms. The van der Waals surface area contributed by atoms with Crippen molar-refractivity contribution in [1.29, 1.82) is 0 Å². The van der Waals surface area contributed by atoms with Gasteiger partial charge in [-0.1, -0.05) is 15.9 Å². The molecule has 0 amide bonds. The van der Waals surface area contributed by atoms with Gasteiger partial charge in [0.1, 0.15) is 0 Å². The molecule has 0 aliphatic heterocycles. The lowest BCUT2D eigenvalue weighted by Gasteiger charge is -2.23. The Balaban J connectivity index is 2.95. The van der Waals surface area contributed by atoms with Crippen molar-refractivity contribution in [2.24, 2.45) is 0 Å². The first-order chi connectivity index (χ1) is 9.84. The molecule has 0 fully saturated rings. The Bertz CT molecular complexity index is 504. The summed E-state index contributed by atoms with van der Waals surface area (Å²) in [6.45, 7) is 4.27. The number of nitro groups is 1. The summed E-state index contributed by atoms with van der Waals surface area (Å²) in [5, 5.41) is 11.5. The molecule has 0 atom stereocenters. The molecule has 1 aromatic carbocycles. The molecule has 0 aliphatic carbocycles. The first-order valence-corrected chi connectivity index (χ1v) is 7.56. The summed E-state index contributed by atoms with van der Waals surface area (Å²) in [6, 6.07) is 3.01. The van der Waals surface area contributed by atoms with Crippen molar-refractivity contribution in [2.45, 2.75) is 31.2 Å². The summed E-state index contributed by atoms with van der Waals surface area (Å²) >= 11 is 3.24. The maximum absolute atomic E-state index is 11.1. The van der Waals surface area contributed by atoms with E-state index >= 15 is 0 Å². The highest BCUT2D eigenvalue weighted by Gasteiger charge is 2.20. The highest BCUT2D eigenvalue weighted by molar-refractivity contribution is 9.08. The third-order valence-electron chi connectivity index (χ3n) is 3.22. The van der Waals surface area contributed by atoms with Crippen LogP contribution in [0.15, 0.2) is 12.1 Å². The summed E-state index contributed by atoms with van der Waals surface area (Å²) in [5.41, 5.74) is 0.240. The van der Waals surface area contributed by atoms with Gasteiger partial charge in [-0.2, -0.15) is 0 Å². The molecule has 1 rings (SSSR count). The molecule has 21 heavy (non-hydrogen) atoms. The summed E-state index contributed by atoms with van der Waals surface area (Å²) in [5.74, 6) is 0.839. The molecule has 0 saturated heterocycles. The quantitative estimate of drug-likeness (QED) is 0.401. The molecule has 1 aromatic rings. The van der Waals surface area contributed by atoms with E-state index in [1.54, 1.807) is 13.2 Å². The van der Waals surface area contributed by atoms with Crippen molar-refractivity contribution in [3.05, 3.63) is 27.8 Å². The minimum absolute atomic E-state index is 0.00803. The number of nitrogens with zero attached hydrogens (tertiary/aromatic N) is 1. The zero-order valence-corrected chi connectivity index (χ0v) is 14.2. The van der Waals surface area contributed by atoms with E-state index in [4.69, 9.17) is 14.2 Å². The van der Waals surface area contributed by atoms with Crippen LogP contribution >= 0.6 is 15.9 Å². The molecule has 0 aromatic heterocycles. The first-order valence-electron chi connectivity index (χ1n) is 6.44. The van der Waals surface area contributed by atoms with Gasteiger partial charge in [0.15, 0.2) is 11.5 Å². The lowest BCUT2D eigenvalue weighted by Crippen LogP contribution is -2.25. The number of methoxy groups -OCH3 is 2. The zero-order chi connectivity index (χ0) is 16.0. The van der Waals surface area contributed by atoms with Crippen LogP contribution in [0.5, 0.6) is 11.5 Å². The van der Waals surface area contributed by atoms with Crippen LogP contribution in [0, 0.1) is 10.1 Å². The van der Waals surface area contributed by atoms with Gasteiger partial charge in [-0.25, -0.2) is 0 Å². The van der Waals surface area contributed by atoms with Crippen LogP contribution in [0.4, 0.5) is 5.69 Å². The average Bonchev–Trinajstić information content (AvgIpc) is 2.46. The molecular formula is C14H20BrNO5. The monoisotopic (exact) mass is 361 g/mol. The van der Waals surface area contributed by atoms with Gasteiger partial charge in [-0.05, 0) is 19.9 Å². The van der Waals surface area contributed by atoms with Crippen molar-refractivity contribution in [3.63, 3.8) is 0 Å². The maximum Gasteiger partial charge on any atom is 0.277 e.